The predicted octanol–water partition coefficient (Wildman–Crippen LogP) is -0.699. The molecule has 0 bridgehead atoms. The van der Waals surface area contributed by atoms with E-state index in [4.69, 9.17) is 15.4 Å². The van der Waals surface area contributed by atoms with E-state index in [0.717, 1.165) is 0 Å². The fourth-order valence-corrected chi connectivity index (χ4v) is 0.552. The molecule has 0 saturated heterocycles. The Kier molecular flexibility index (Phi) is 2.12. The average molecular weight is 138 g/mol. The number of aromatic nitrogens is 1. The van der Waals surface area contributed by atoms with Crippen molar-refractivity contribution in [2.75, 3.05) is 5.73 Å². The standard InChI is InChI=1S/C5H7BN2O2/c7-5-2-1-4(3-8-5)10-6-9/h1-3,6,9H,(H2,7,8). The van der Waals surface area contributed by atoms with Crippen LogP contribution in [0.5, 0.6) is 5.75 Å². The van der Waals surface area contributed by atoms with Crippen LogP contribution in [0.3, 0.4) is 0 Å². The smallest absolute Gasteiger partial charge is 0.504 e. The van der Waals surface area contributed by atoms with E-state index in [1.165, 1.54) is 6.20 Å². The van der Waals surface area contributed by atoms with Gasteiger partial charge in [0.05, 0.1) is 6.20 Å². The van der Waals surface area contributed by atoms with Gasteiger partial charge >= 0.3 is 7.69 Å². The van der Waals surface area contributed by atoms with Gasteiger partial charge in [-0.3, -0.25) is 0 Å². The van der Waals surface area contributed by atoms with Gasteiger partial charge in [-0.05, 0) is 12.1 Å². The Morgan fingerprint density at radius 3 is 2.90 bits per heavy atom. The van der Waals surface area contributed by atoms with Gasteiger partial charge in [-0.2, -0.15) is 0 Å². The van der Waals surface area contributed by atoms with Crippen LogP contribution >= 0.6 is 0 Å². The van der Waals surface area contributed by atoms with Crippen LogP contribution in [0.25, 0.3) is 0 Å². The van der Waals surface area contributed by atoms with Crippen molar-refractivity contribution in [1.82, 2.24) is 4.98 Å². The second-order valence-corrected chi connectivity index (χ2v) is 1.69. The number of pyridine rings is 1. The summed E-state index contributed by atoms with van der Waals surface area (Å²) in [6.45, 7) is 0. The monoisotopic (exact) mass is 138 g/mol. The van der Waals surface area contributed by atoms with Crippen LogP contribution in [0.4, 0.5) is 5.82 Å². The summed E-state index contributed by atoms with van der Waals surface area (Å²) in [6, 6.07) is 3.24. The second kappa shape index (κ2) is 3.07. The molecule has 10 heavy (non-hydrogen) atoms. The first-order chi connectivity index (χ1) is 4.83. The Labute approximate surface area is 59.0 Å². The predicted molar refractivity (Wildman–Crippen MR) is 38.6 cm³/mol. The lowest BCUT2D eigenvalue weighted by atomic mass is 10.4. The van der Waals surface area contributed by atoms with Crippen molar-refractivity contribution < 1.29 is 9.68 Å². The molecule has 3 N–H and O–H groups in total. The minimum Gasteiger partial charge on any atom is -0.538 e. The zero-order valence-electron chi connectivity index (χ0n) is 5.32. The van der Waals surface area contributed by atoms with E-state index in [9.17, 15) is 0 Å². The molecule has 0 aromatic carbocycles. The van der Waals surface area contributed by atoms with E-state index in [0.29, 0.717) is 11.6 Å². The zero-order chi connectivity index (χ0) is 7.40. The summed E-state index contributed by atoms with van der Waals surface area (Å²) in [6.07, 6.45) is 1.45. The number of hydrogen-bond acceptors (Lipinski definition) is 4. The molecule has 52 valence electrons. The Balaban J connectivity index is 2.69. The molecule has 0 aliphatic heterocycles. The maximum absolute atomic E-state index is 8.31. The van der Waals surface area contributed by atoms with Gasteiger partial charge in [-0.1, -0.05) is 0 Å². The van der Waals surface area contributed by atoms with Gasteiger partial charge in [-0.15, -0.1) is 0 Å². The van der Waals surface area contributed by atoms with Crippen LogP contribution in [-0.2, 0) is 0 Å². The van der Waals surface area contributed by atoms with E-state index < -0.39 is 0 Å². The van der Waals surface area contributed by atoms with Crippen molar-refractivity contribution in [3.05, 3.63) is 18.3 Å². The molecule has 1 heterocycles. The van der Waals surface area contributed by atoms with Gasteiger partial charge < -0.3 is 15.4 Å². The normalized spacial score (nSPS) is 8.90. The second-order valence-electron chi connectivity index (χ2n) is 1.69. The number of rotatable bonds is 2. The number of nitrogens with two attached hydrogens (primary N) is 1. The quantitative estimate of drug-likeness (QED) is 0.530. The largest absolute Gasteiger partial charge is 0.538 e. The zero-order valence-corrected chi connectivity index (χ0v) is 5.32. The third-order valence-electron chi connectivity index (χ3n) is 0.990. The van der Waals surface area contributed by atoms with Gasteiger partial charge in [-0.25, -0.2) is 4.98 Å². The van der Waals surface area contributed by atoms with Crippen LogP contribution in [0.2, 0.25) is 0 Å². The lowest BCUT2D eigenvalue weighted by molar-refractivity contribution is 0.452. The van der Waals surface area contributed by atoms with Gasteiger partial charge in [0, 0.05) is 0 Å². The minimum atomic E-state index is -0.342. The number of anilines is 1. The fraction of sp³-hybridized carbons (Fsp3) is 0. The van der Waals surface area contributed by atoms with Gasteiger partial charge in [0.2, 0.25) is 0 Å². The van der Waals surface area contributed by atoms with Crippen LogP contribution < -0.4 is 10.4 Å². The first-order valence-electron chi connectivity index (χ1n) is 2.78. The molecule has 0 aliphatic carbocycles. The van der Waals surface area contributed by atoms with Crippen LogP contribution in [0.1, 0.15) is 0 Å². The molecular formula is C5H7BN2O2. The fourth-order valence-electron chi connectivity index (χ4n) is 0.552. The van der Waals surface area contributed by atoms with Crippen molar-refractivity contribution in [3.8, 4) is 5.75 Å². The molecule has 0 aliphatic rings. The lowest BCUT2D eigenvalue weighted by Gasteiger charge is -1.99. The first kappa shape index (κ1) is 6.89. The highest BCUT2D eigenvalue weighted by Crippen LogP contribution is 2.08. The average Bonchev–Trinajstić information content (AvgIpc) is 1.95. The summed E-state index contributed by atoms with van der Waals surface area (Å²) >= 11 is 0. The minimum absolute atomic E-state index is 0.342. The molecule has 4 nitrogen and oxygen atoms in total. The van der Waals surface area contributed by atoms with Gasteiger partial charge in [0.1, 0.15) is 11.6 Å². The molecule has 0 spiro atoms. The van der Waals surface area contributed by atoms with Crippen LogP contribution in [0, 0.1) is 0 Å². The van der Waals surface area contributed by atoms with E-state index in [1.54, 1.807) is 12.1 Å². The maximum Gasteiger partial charge on any atom is 0.504 e. The molecule has 0 atom stereocenters. The Bertz CT molecular complexity index is 201. The molecule has 0 saturated carbocycles. The maximum atomic E-state index is 8.31. The van der Waals surface area contributed by atoms with Gasteiger partial charge in [0.15, 0.2) is 0 Å². The van der Waals surface area contributed by atoms with Crippen LogP contribution in [-0.4, -0.2) is 17.7 Å². The third kappa shape index (κ3) is 1.63. The molecule has 5 heteroatoms. The highest BCUT2D eigenvalue weighted by Gasteiger charge is 1.91. The van der Waals surface area contributed by atoms with Crippen molar-refractivity contribution in [3.63, 3.8) is 0 Å². The van der Waals surface area contributed by atoms with Crippen molar-refractivity contribution in [2.45, 2.75) is 0 Å². The Morgan fingerprint density at radius 2 is 2.40 bits per heavy atom. The molecule has 1 aromatic rings. The molecule has 0 amide bonds. The summed E-state index contributed by atoms with van der Waals surface area (Å²) in [5, 5.41) is 8.31. The highest BCUT2D eigenvalue weighted by atomic mass is 16.5. The first-order valence-corrected chi connectivity index (χ1v) is 2.78. The highest BCUT2D eigenvalue weighted by molar-refractivity contribution is 6.17. The summed E-state index contributed by atoms with van der Waals surface area (Å²) in [5.41, 5.74) is 5.29. The SMILES string of the molecule is Nc1ccc(OBO)cn1. The third-order valence-corrected chi connectivity index (χ3v) is 0.990. The van der Waals surface area contributed by atoms with Crippen molar-refractivity contribution in [1.29, 1.82) is 0 Å². The van der Waals surface area contributed by atoms with E-state index in [1.807, 2.05) is 0 Å². The van der Waals surface area contributed by atoms with E-state index >= 15 is 0 Å². The lowest BCUT2D eigenvalue weighted by Crippen LogP contribution is -2.00. The van der Waals surface area contributed by atoms with Crippen molar-refractivity contribution >= 4 is 13.5 Å². The van der Waals surface area contributed by atoms with Crippen molar-refractivity contribution in [2.24, 2.45) is 0 Å². The molecule has 1 rings (SSSR count). The molecular weight excluding hydrogens is 131 g/mol. The Hall–Kier alpha value is -1.23. The summed E-state index contributed by atoms with van der Waals surface area (Å²) < 4.78 is 4.70. The topological polar surface area (TPSA) is 68.4 Å². The molecule has 0 fully saturated rings. The Morgan fingerprint density at radius 1 is 1.60 bits per heavy atom. The summed E-state index contributed by atoms with van der Waals surface area (Å²) in [4.78, 5) is 3.74. The van der Waals surface area contributed by atoms with E-state index in [-0.39, 0.29) is 7.69 Å². The molecule has 0 unspecified atom stereocenters. The molecule has 0 radical (unpaired) electrons. The number of nitrogen functional groups attached to an aromatic ring is 1. The van der Waals surface area contributed by atoms with E-state index in [2.05, 4.69) is 4.98 Å². The molecule has 1 aromatic heterocycles. The number of nitrogens with zero attached hydrogens (tertiary/aromatic N) is 1. The summed E-state index contributed by atoms with van der Waals surface area (Å²) in [7, 11) is -0.342. The van der Waals surface area contributed by atoms with Crippen LogP contribution in [0.15, 0.2) is 18.3 Å². The van der Waals surface area contributed by atoms with Gasteiger partial charge in [0.25, 0.3) is 0 Å². The number of hydrogen-bond donors (Lipinski definition) is 2. The summed E-state index contributed by atoms with van der Waals surface area (Å²) in [5.74, 6) is 0.946.